The van der Waals surface area contributed by atoms with Crippen LogP contribution in [-0.4, -0.2) is 17.1 Å². The Morgan fingerprint density at radius 1 is 1.26 bits per heavy atom. The average Bonchev–Trinajstić information content (AvgIpc) is 2.35. The normalized spacial score (nSPS) is 27.3. The van der Waals surface area contributed by atoms with Gasteiger partial charge in [-0.2, -0.15) is 0 Å². The number of nitrogens with zero attached hydrogens (tertiary/aromatic N) is 1. The molecule has 0 amide bonds. The van der Waals surface area contributed by atoms with Gasteiger partial charge in [0, 0.05) is 12.2 Å². The molecule has 2 atom stereocenters. The van der Waals surface area contributed by atoms with Crippen molar-refractivity contribution in [2.45, 2.75) is 59.1 Å². The summed E-state index contributed by atoms with van der Waals surface area (Å²) in [6.45, 7) is 8.74. The minimum Gasteiger partial charge on any atom is -0.473 e. The van der Waals surface area contributed by atoms with Gasteiger partial charge in [0.25, 0.3) is 0 Å². The van der Waals surface area contributed by atoms with E-state index in [4.69, 9.17) is 4.74 Å². The lowest BCUT2D eigenvalue weighted by Gasteiger charge is -2.36. The molecule has 1 aliphatic carbocycles. The van der Waals surface area contributed by atoms with Crippen LogP contribution in [0.2, 0.25) is 0 Å². The SMILES string of the molecule is CC(C)Oc1ncccc1NC1C(C)CCCC1C. The van der Waals surface area contributed by atoms with E-state index >= 15 is 0 Å². The summed E-state index contributed by atoms with van der Waals surface area (Å²) in [5.74, 6) is 2.13. The van der Waals surface area contributed by atoms with Crippen LogP contribution < -0.4 is 10.1 Å². The summed E-state index contributed by atoms with van der Waals surface area (Å²) in [5.41, 5.74) is 1.03. The smallest absolute Gasteiger partial charge is 0.237 e. The second-order valence-corrected chi connectivity index (χ2v) is 6.08. The number of aromatic nitrogens is 1. The zero-order chi connectivity index (χ0) is 13.8. The Labute approximate surface area is 116 Å². The van der Waals surface area contributed by atoms with Gasteiger partial charge in [0.15, 0.2) is 0 Å². The molecule has 0 spiro atoms. The van der Waals surface area contributed by atoms with E-state index in [0.717, 1.165) is 11.6 Å². The average molecular weight is 262 g/mol. The van der Waals surface area contributed by atoms with E-state index < -0.39 is 0 Å². The molecule has 0 aliphatic heterocycles. The molecule has 0 aromatic carbocycles. The Bertz CT molecular complexity index is 395. The third-order valence-electron chi connectivity index (χ3n) is 3.99. The minimum atomic E-state index is 0.150. The van der Waals surface area contributed by atoms with Crippen molar-refractivity contribution in [2.75, 3.05) is 5.32 Å². The van der Waals surface area contributed by atoms with Crippen LogP contribution in [0.25, 0.3) is 0 Å². The molecule has 3 nitrogen and oxygen atoms in total. The highest BCUT2D eigenvalue weighted by atomic mass is 16.5. The summed E-state index contributed by atoms with van der Waals surface area (Å²) in [7, 11) is 0. The predicted octanol–water partition coefficient (Wildman–Crippen LogP) is 4.11. The molecule has 1 fully saturated rings. The molecule has 2 unspecified atom stereocenters. The third kappa shape index (κ3) is 3.62. The molecule has 1 N–H and O–H groups in total. The van der Waals surface area contributed by atoms with Gasteiger partial charge >= 0.3 is 0 Å². The van der Waals surface area contributed by atoms with Gasteiger partial charge in [-0.05, 0) is 50.7 Å². The highest BCUT2D eigenvalue weighted by molar-refractivity contribution is 5.53. The Hall–Kier alpha value is -1.25. The first-order valence-electron chi connectivity index (χ1n) is 7.46. The molecular weight excluding hydrogens is 236 g/mol. The maximum atomic E-state index is 5.78. The van der Waals surface area contributed by atoms with E-state index in [0.29, 0.717) is 17.9 Å². The predicted molar refractivity (Wildman–Crippen MR) is 79.6 cm³/mol. The van der Waals surface area contributed by atoms with E-state index in [1.54, 1.807) is 6.20 Å². The van der Waals surface area contributed by atoms with Crippen molar-refractivity contribution in [2.24, 2.45) is 11.8 Å². The highest BCUT2D eigenvalue weighted by Crippen LogP contribution is 2.33. The van der Waals surface area contributed by atoms with Gasteiger partial charge in [0.05, 0.1) is 11.8 Å². The fraction of sp³-hybridized carbons (Fsp3) is 0.688. The molecule has 1 heterocycles. The summed E-state index contributed by atoms with van der Waals surface area (Å²) in [6.07, 6.45) is 5.90. The summed E-state index contributed by atoms with van der Waals surface area (Å²) < 4.78 is 5.78. The van der Waals surface area contributed by atoms with Crippen LogP contribution in [-0.2, 0) is 0 Å². The number of rotatable bonds is 4. The molecular formula is C16H26N2O. The molecule has 1 aromatic heterocycles. The highest BCUT2D eigenvalue weighted by Gasteiger charge is 2.28. The fourth-order valence-electron chi connectivity index (χ4n) is 2.96. The maximum Gasteiger partial charge on any atom is 0.237 e. The molecule has 0 bridgehead atoms. The number of pyridine rings is 1. The second kappa shape index (κ2) is 6.27. The van der Waals surface area contributed by atoms with Crippen LogP contribution in [0.15, 0.2) is 18.3 Å². The summed E-state index contributed by atoms with van der Waals surface area (Å²) in [5, 5.41) is 3.67. The molecule has 0 saturated heterocycles. The van der Waals surface area contributed by atoms with Crippen molar-refractivity contribution in [3.8, 4) is 5.88 Å². The molecule has 3 heteroatoms. The molecule has 2 rings (SSSR count). The van der Waals surface area contributed by atoms with Gasteiger partial charge in [0.1, 0.15) is 0 Å². The Morgan fingerprint density at radius 3 is 2.58 bits per heavy atom. The van der Waals surface area contributed by atoms with E-state index in [1.807, 2.05) is 19.9 Å². The van der Waals surface area contributed by atoms with E-state index in [9.17, 15) is 0 Å². The Balaban J connectivity index is 2.13. The van der Waals surface area contributed by atoms with Crippen LogP contribution in [0, 0.1) is 11.8 Å². The maximum absolute atomic E-state index is 5.78. The van der Waals surface area contributed by atoms with Gasteiger partial charge in [-0.1, -0.05) is 20.3 Å². The third-order valence-corrected chi connectivity index (χ3v) is 3.99. The standard InChI is InChI=1S/C16H26N2O/c1-11(2)19-16-14(9-6-10-17-16)18-15-12(3)7-5-8-13(15)4/h6,9-13,15,18H,5,7-8H2,1-4H3. The zero-order valence-electron chi connectivity index (χ0n) is 12.5. The van der Waals surface area contributed by atoms with E-state index in [2.05, 4.69) is 30.2 Å². The van der Waals surface area contributed by atoms with E-state index in [-0.39, 0.29) is 6.10 Å². The lowest BCUT2D eigenvalue weighted by Crippen LogP contribution is -2.37. The Morgan fingerprint density at radius 2 is 1.95 bits per heavy atom. The van der Waals surface area contributed by atoms with Gasteiger partial charge < -0.3 is 10.1 Å². The topological polar surface area (TPSA) is 34.1 Å². The molecule has 1 aromatic rings. The molecule has 1 saturated carbocycles. The van der Waals surface area contributed by atoms with Crippen molar-refractivity contribution in [3.63, 3.8) is 0 Å². The van der Waals surface area contributed by atoms with Gasteiger partial charge in [-0.3, -0.25) is 0 Å². The van der Waals surface area contributed by atoms with Gasteiger partial charge in [-0.15, -0.1) is 0 Å². The van der Waals surface area contributed by atoms with Gasteiger partial charge in [-0.25, -0.2) is 4.98 Å². The number of hydrogen-bond acceptors (Lipinski definition) is 3. The van der Waals surface area contributed by atoms with Crippen molar-refractivity contribution >= 4 is 5.69 Å². The van der Waals surface area contributed by atoms with Crippen LogP contribution in [0.4, 0.5) is 5.69 Å². The quantitative estimate of drug-likeness (QED) is 0.886. The number of hydrogen-bond donors (Lipinski definition) is 1. The zero-order valence-corrected chi connectivity index (χ0v) is 12.5. The summed E-state index contributed by atoms with van der Waals surface area (Å²) >= 11 is 0. The van der Waals surface area contributed by atoms with Crippen molar-refractivity contribution in [3.05, 3.63) is 18.3 Å². The van der Waals surface area contributed by atoms with Gasteiger partial charge in [0.2, 0.25) is 5.88 Å². The first kappa shape index (κ1) is 14.2. The second-order valence-electron chi connectivity index (χ2n) is 6.08. The monoisotopic (exact) mass is 262 g/mol. The number of nitrogens with one attached hydrogen (secondary N) is 1. The summed E-state index contributed by atoms with van der Waals surface area (Å²) in [6, 6.07) is 4.55. The lowest BCUT2D eigenvalue weighted by atomic mass is 9.78. The van der Waals surface area contributed by atoms with Crippen LogP contribution in [0.3, 0.4) is 0 Å². The van der Waals surface area contributed by atoms with E-state index in [1.165, 1.54) is 19.3 Å². The first-order valence-corrected chi connectivity index (χ1v) is 7.46. The number of ether oxygens (including phenoxy) is 1. The van der Waals surface area contributed by atoms with Crippen molar-refractivity contribution in [1.82, 2.24) is 4.98 Å². The molecule has 1 aliphatic rings. The summed E-state index contributed by atoms with van der Waals surface area (Å²) in [4.78, 5) is 4.35. The fourth-order valence-corrected chi connectivity index (χ4v) is 2.96. The van der Waals surface area contributed by atoms with Crippen molar-refractivity contribution in [1.29, 1.82) is 0 Å². The largest absolute Gasteiger partial charge is 0.473 e. The molecule has 0 radical (unpaired) electrons. The number of anilines is 1. The molecule has 106 valence electrons. The first-order chi connectivity index (χ1) is 9.08. The van der Waals surface area contributed by atoms with Crippen LogP contribution >= 0.6 is 0 Å². The lowest BCUT2D eigenvalue weighted by molar-refractivity contribution is 0.231. The van der Waals surface area contributed by atoms with Crippen LogP contribution in [0.5, 0.6) is 5.88 Å². The minimum absolute atomic E-state index is 0.150. The molecule has 19 heavy (non-hydrogen) atoms. The Kier molecular flexibility index (Phi) is 4.67. The van der Waals surface area contributed by atoms with Crippen LogP contribution in [0.1, 0.15) is 47.0 Å². The van der Waals surface area contributed by atoms with Crippen molar-refractivity contribution < 1.29 is 4.74 Å².